The molecule has 0 bridgehead atoms. The fraction of sp³-hybridized carbons (Fsp3) is 0.600. The molecule has 90 valence electrons. The van der Waals surface area contributed by atoms with Crippen molar-refractivity contribution >= 4 is 29.1 Å². The van der Waals surface area contributed by atoms with Crippen LogP contribution in [0.5, 0.6) is 0 Å². The van der Waals surface area contributed by atoms with Crippen molar-refractivity contribution in [3.63, 3.8) is 0 Å². The Labute approximate surface area is 103 Å². The third kappa shape index (κ3) is 4.11. The Morgan fingerprint density at radius 1 is 1.69 bits per heavy atom. The molecule has 0 aliphatic carbocycles. The highest BCUT2D eigenvalue weighted by Gasteiger charge is 2.12. The first-order valence-corrected chi connectivity index (χ1v) is 7.04. The Morgan fingerprint density at radius 3 is 2.88 bits per heavy atom. The number of nitrogens with two attached hydrogens (primary N) is 1. The quantitative estimate of drug-likeness (QED) is 0.817. The lowest BCUT2D eigenvalue weighted by atomic mass is 10.2. The molecule has 3 N–H and O–H groups in total. The van der Waals surface area contributed by atoms with Gasteiger partial charge >= 0.3 is 5.97 Å². The van der Waals surface area contributed by atoms with E-state index in [0.717, 1.165) is 16.5 Å². The van der Waals surface area contributed by atoms with Crippen molar-refractivity contribution in [2.75, 3.05) is 5.75 Å². The van der Waals surface area contributed by atoms with Gasteiger partial charge in [0.1, 0.15) is 6.04 Å². The molecule has 0 aliphatic heterocycles. The number of hydrogen-bond donors (Lipinski definition) is 2. The van der Waals surface area contributed by atoms with Crippen LogP contribution in [0.15, 0.2) is 5.38 Å². The largest absolute Gasteiger partial charge is 0.480 e. The van der Waals surface area contributed by atoms with Crippen LogP contribution in [0.3, 0.4) is 0 Å². The predicted octanol–water partition coefficient (Wildman–Crippen LogP) is 1.91. The van der Waals surface area contributed by atoms with Crippen LogP contribution in [-0.2, 0) is 10.5 Å². The van der Waals surface area contributed by atoms with E-state index in [9.17, 15) is 4.79 Å². The van der Waals surface area contributed by atoms with Gasteiger partial charge in [-0.25, -0.2) is 4.98 Å². The second-order valence-corrected chi connectivity index (χ2v) is 5.71. The lowest BCUT2D eigenvalue weighted by Crippen LogP contribution is -2.32. The number of thioether (sulfide) groups is 1. The van der Waals surface area contributed by atoms with E-state index in [1.54, 1.807) is 11.3 Å². The number of aromatic nitrogens is 1. The minimum absolute atomic E-state index is 0.421. The maximum absolute atomic E-state index is 10.5. The zero-order chi connectivity index (χ0) is 12.1. The smallest absolute Gasteiger partial charge is 0.321 e. The minimum atomic E-state index is -0.950. The van der Waals surface area contributed by atoms with E-state index in [1.807, 2.05) is 5.38 Å². The van der Waals surface area contributed by atoms with E-state index in [1.165, 1.54) is 11.8 Å². The Morgan fingerprint density at radius 2 is 2.38 bits per heavy atom. The van der Waals surface area contributed by atoms with Gasteiger partial charge in [0.25, 0.3) is 0 Å². The number of rotatable bonds is 6. The van der Waals surface area contributed by atoms with Crippen LogP contribution in [0.1, 0.15) is 30.5 Å². The summed E-state index contributed by atoms with van der Waals surface area (Å²) in [6, 6.07) is -0.784. The Kier molecular flexibility index (Phi) is 5.24. The Hall–Kier alpha value is -0.590. The number of aliphatic carboxylic acids is 1. The van der Waals surface area contributed by atoms with Gasteiger partial charge < -0.3 is 10.8 Å². The van der Waals surface area contributed by atoms with Gasteiger partial charge in [0.05, 0.1) is 10.7 Å². The van der Waals surface area contributed by atoms with Gasteiger partial charge in [-0.15, -0.1) is 11.3 Å². The first kappa shape index (κ1) is 13.5. The molecule has 0 amide bonds. The number of thiazole rings is 1. The maximum Gasteiger partial charge on any atom is 0.321 e. The van der Waals surface area contributed by atoms with Crippen molar-refractivity contribution < 1.29 is 9.90 Å². The van der Waals surface area contributed by atoms with Crippen molar-refractivity contribution in [2.45, 2.75) is 31.6 Å². The summed E-state index contributed by atoms with van der Waals surface area (Å²) in [5, 5.41) is 11.7. The van der Waals surface area contributed by atoms with Crippen LogP contribution in [0.4, 0.5) is 0 Å². The first-order chi connectivity index (χ1) is 7.50. The van der Waals surface area contributed by atoms with E-state index < -0.39 is 12.0 Å². The van der Waals surface area contributed by atoms with E-state index in [0.29, 0.717) is 11.7 Å². The molecule has 1 heterocycles. The lowest BCUT2D eigenvalue weighted by molar-refractivity contribution is -0.137. The number of carboxylic acids is 1. The summed E-state index contributed by atoms with van der Waals surface area (Å²) in [5.74, 6) is 0.646. The van der Waals surface area contributed by atoms with E-state index in [2.05, 4.69) is 18.8 Å². The van der Waals surface area contributed by atoms with Crippen LogP contribution < -0.4 is 5.73 Å². The predicted molar refractivity (Wildman–Crippen MR) is 68.0 cm³/mol. The van der Waals surface area contributed by atoms with Crippen molar-refractivity contribution in [3.05, 3.63) is 16.1 Å². The van der Waals surface area contributed by atoms with Crippen LogP contribution in [0.25, 0.3) is 0 Å². The third-order valence-corrected chi connectivity index (χ3v) is 4.22. The molecular formula is C10H16N2O2S2. The maximum atomic E-state index is 10.5. The van der Waals surface area contributed by atoms with Crippen LogP contribution in [-0.4, -0.2) is 27.9 Å². The molecule has 6 heteroatoms. The second kappa shape index (κ2) is 6.22. The zero-order valence-corrected chi connectivity index (χ0v) is 11.0. The summed E-state index contributed by atoms with van der Waals surface area (Å²) < 4.78 is 0. The molecule has 4 nitrogen and oxygen atoms in total. The summed E-state index contributed by atoms with van der Waals surface area (Å²) in [6.45, 7) is 4.21. The summed E-state index contributed by atoms with van der Waals surface area (Å²) >= 11 is 3.16. The summed E-state index contributed by atoms with van der Waals surface area (Å²) in [5.41, 5.74) is 6.41. The van der Waals surface area contributed by atoms with E-state index in [4.69, 9.17) is 10.8 Å². The van der Waals surface area contributed by atoms with Gasteiger partial charge in [-0.2, -0.15) is 11.8 Å². The highest BCUT2D eigenvalue weighted by molar-refractivity contribution is 7.98. The second-order valence-electron chi connectivity index (χ2n) is 3.79. The van der Waals surface area contributed by atoms with Gasteiger partial charge in [0.15, 0.2) is 0 Å². The minimum Gasteiger partial charge on any atom is -0.480 e. The summed E-state index contributed by atoms with van der Waals surface area (Å²) in [7, 11) is 0. The highest BCUT2D eigenvalue weighted by Crippen LogP contribution is 2.21. The lowest BCUT2D eigenvalue weighted by Gasteiger charge is -2.04. The van der Waals surface area contributed by atoms with Crippen LogP contribution in [0, 0.1) is 0 Å². The third-order valence-electron chi connectivity index (χ3n) is 1.93. The number of carbonyl (C=O) groups is 1. The average Bonchev–Trinajstić information content (AvgIpc) is 2.66. The average molecular weight is 260 g/mol. The van der Waals surface area contributed by atoms with Gasteiger partial charge in [-0.3, -0.25) is 4.79 Å². The highest BCUT2D eigenvalue weighted by atomic mass is 32.2. The summed E-state index contributed by atoms with van der Waals surface area (Å²) in [6.07, 6.45) is 0. The molecule has 0 radical (unpaired) electrons. The first-order valence-electron chi connectivity index (χ1n) is 5.01. The van der Waals surface area contributed by atoms with Crippen LogP contribution >= 0.6 is 23.1 Å². The van der Waals surface area contributed by atoms with Gasteiger partial charge in [0.2, 0.25) is 0 Å². The van der Waals surface area contributed by atoms with Crippen molar-refractivity contribution in [1.82, 2.24) is 4.98 Å². The normalized spacial score (nSPS) is 13.0. The van der Waals surface area contributed by atoms with Crippen molar-refractivity contribution in [2.24, 2.45) is 5.73 Å². The van der Waals surface area contributed by atoms with Crippen molar-refractivity contribution in [3.8, 4) is 0 Å². The Bertz CT molecular complexity index is 352. The molecule has 0 saturated heterocycles. The molecule has 0 unspecified atom stereocenters. The molecule has 0 spiro atoms. The fourth-order valence-corrected chi connectivity index (χ4v) is 2.83. The molecule has 16 heavy (non-hydrogen) atoms. The zero-order valence-electron chi connectivity index (χ0n) is 9.34. The molecule has 1 rings (SSSR count). The molecule has 0 fully saturated rings. The van der Waals surface area contributed by atoms with Crippen LogP contribution in [0.2, 0.25) is 0 Å². The molecule has 0 aromatic carbocycles. The number of hydrogen-bond acceptors (Lipinski definition) is 5. The topological polar surface area (TPSA) is 76.2 Å². The molecule has 1 aromatic heterocycles. The molecule has 0 saturated carbocycles. The van der Waals surface area contributed by atoms with E-state index in [-0.39, 0.29) is 0 Å². The number of carboxylic acid groups (broad SMARTS) is 1. The molecule has 1 atom stereocenters. The number of nitrogens with zero attached hydrogens (tertiary/aromatic N) is 1. The van der Waals surface area contributed by atoms with E-state index >= 15 is 0 Å². The van der Waals surface area contributed by atoms with Gasteiger partial charge in [-0.1, -0.05) is 13.8 Å². The fourth-order valence-electron chi connectivity index (χ4n) is 1.02. The Balaban J connectivity index is 2.34. The van der Waals surface area contributed by atoms with Gasteiger partial charge in [-0.05, 0) is 0 Å². The molecule has 1 aromatic rings. The SMILES string of the molecule is CC(C)c1nc(CSC[C@H](N)C(=O)O)cs1. The standard InChI is InChI=1S/C10H16N2O2S2/c1-6(2)9-12-7(4-16-9)3-15-5-8(11)10(13)14/h4,6,8H,3,5,11H2,1-2H3,(H,13,14)/t8-/m0/s1. The summed E-state index contributed by atoms with van der Waals surface area (Å²) in [4.78, 5) is 14.9. The van der Waals surface area contributed by atoms with Crippen molar-refractivity contribution in [1.29, 1.82) is 0 Å². The monoisotopic (exact) mass is 260 g/mol. The van der Waals surface area contributed by atoms with Gasteiger partial charge in [0, 0.05) is 22.8 Å². The molecular weight excluding hydrogens is 244 g/mol. The molecule has 0 aliphatic rings.